The molecule has 6 nitrogen and oxygen atoms in total. The summed E-state index contributed by atoms with van der Waals surface area (Å²) in [5.41, 5.74) is 0. The summed E-state index contributed by atoms with van der Waals surface area (Å²) in [5, 5.41) is 23.2. The van der Waals surface area contributed by atoms with Gasteiger partial charge in [0.15, 0.2) is 0 Å². The van der Waals surface area contributed by atoms with E-state index in [-0.39, 0.29) is 18.5 Å². The Kier molecular flexibility index (Phi) is 57.5. The Morgan fingerprint density at radius 3 is 1.13 bits per heavy atom. The standard InChI is InChI=1S/C64H119NO5/c1-3-5-7-9-11-13-15-17-19-20-21-22-23-25-29-32-36-40-44-48-52-56-62(67)61(60-66)65-63(68)57-53-49-45-41-37-33-30-26-24-27-31-35-39-43-47-51-55-59-70-64(69)58-54-50-46-42-38-34-28-18-16-14-12-10-8-6-4-2/h12,14,18,24,27-28,52,56,61-62,66-67H,3-11,13,15-17,19-23,25-26,29-51,53-55,57-60H2,1-2H3,(H,65,68)/b14-12-,27-24-,28-18-,56-52+. The molecule has 0 aliphatic heterocycles. The van der Waals surface area contributed by atoms with Crippen LogP contribution in [-0.4, -0.2) is 47.4 Å². The van der Waals surface area contributed by atoms with Gasteiger partial charge < -0.3 is 20.3 Å². The Labute approximate surface area is 436 Å². The van der Waals surface area contributed by atoms with Gasteiger partial charge >= 0.3 is 5.97 Å². The molecule has 0 radical (unpaired) electrons. The predicted octanol–water partition coefficient (Wildman–Crippen LogP) is 19.4. The number of nitrogens with one attached hydrogen (secondary N) is 1. The van der Waals surface area contributed by atoms with Gasteiger partial charge in [-0.3, -0.25) is 9.59 Å². The van der Waals surface area contributed by atoms with Crippen molar-refractivity contribution < 1.29 is 24.5 Å². The van der Waals surface area contributed by atoms with Gasteiger partial charge in [-0.25, -0.2) is 0 Å². The zero-order chi connectivity index (χ0) is 50.7. The number of hydrogen-bond acceptors (Lipinski definition) is 5. The van der Waals surface area contributed by atoms with Crippen molar-refractivity contribution >= 4 is 11.9 Å². The molecule has 0 rings (SSSR count). The average molecular weight is 983 g/mol. The first-order chi connectivity index (χ1) is 34.5. The SMILES string of the molecule is CCCCC/C=C\C/C=C\CCCCCCCC(=O)OCCCCCCCC/C=C\CCCCCCCCCC(=O)NC(CO)C(O)/C=C/CCCCCCCCCCCCCCCCCCCCC. The monoisotopic (exact) mass is 982 g/mol. The van der Waals surface area contributed by atoms with E-state index in [1.54, 1.807) is 6.08 Å². The normalized spacial score (nSPS) is 12.9. The van der Waals surface area contributed by atoms with Crippen molar-refractivity contribution in [3.63, 3.8) is 0 Å². The smallest absolute Gasteiger partial charge is 0.305 e. The van der Waals surface area contributed by atoms with Crippen molar-refractivity contribution in [2.45, 2.75) is 334 Å². The molecule has 0 saturated heterocycles. The van der Waals surface area contributed by atoms with E-state index in [2.05, 4.69) is 55.6 Å². The molecular formula is C64H119NO5. The number of aliphatic hydroxyl groups is 2. The molecule has 1 amide bonds. The molecule has 2 unspecified atom stereocenters. The number of esters is 1. The molecule has 2 atom stereocenters. The summed E-state index contributed by atoms with van der Waals surface area (Å²) in [6.07, 6.45) is 75.7. The van der Waals surface area contributed by atoms with Gasteiger partial charge in [0.05, 0.1) is 25.4 Å². The zero-order valence-electron chi connectivity index (χ0n) is 46.7. The molecule has 0 aromatic carbocycles. The zero-order valence-corrected chi connectivity index (χ0v) is 46.7. The van der Waals surface area contributed by atoms with Crippen molar-refractivity contribution in [2.24, 2.45) is 0 Å². The van der Waals surface area contributed by atoms with E-state index in [0.29, 0.717) is 19.4 Å². The van der Waals surface area contributed by atoms with Crippen LogP contribution in [0.15, 0.2) is 48.6 Å². The molecule has 410 valence electrons. The molecule has 0 fully saturated rings. The van der Waals surface area contributed by atoms with E-state index >= 15 is 0 Å². The molecule has 3 N–H and O–H groups in total. The number of aliphatic hydroxyl groups excluding tert-OH is 2. The van der Waals surface area contributed by atoms with E-state index in [0.717, 1.165) is 64.2 Å². The molecule has 0 aromatic rings. The number of amides is 1. The summed E-state index contributed by atoms with van der Waals surface area (Å²) < 4.78 is 5.46. The summed E-state index contributed by atoms with van der Waals surface area (Å²) in [6, 6.07) is -0.639. The number of hydrogen-bond donors (Lipinski definition) is 3. The van der Waals surface area contributed by atoms with Crippen LogP contribution in [0.4, 0.5) is 0 Å². The minimum Gasteiger partial charge on any atom is -0.466 e. The second kappa shape index (κ2) is 59.4. The first kappa shape index (κ1) is 67.8. The number of allylic oxidation sites excluding steroid dienone is 7. The third kappa shape index (κ3) is 55.1. The lowest BCUT2D eigenvalue weighted by Gasteiger charge is -2.20. The van der Waals surface area contributed by atoms with Crippen LogP contribution in [0.3, 0.4) is 0 Å². The maximum absolute atomic E-state index is 12.5. The molecular weight excluding hydrogens is 863 g/mol. The fourth-order valence-corrected chi connectivity index (χ4v) is 9.31. The maximum Gasteiger partial charge on any atom is 0.305 e. The van der Waals surface area contributed by atoms with Crippen LogP contribution < -0.4 is 5.32 Å². The van der Waals surface area contributed by atoms with Crippen LogP contribution in [0.25, 0.3) is 0 Å². The highest BCUT2D eigenvalue weighted by molar-refractivity contribution is 5.76. The maximum atomic E-state index is 12.5. The highest BCUT2D eigenvalue weighted by Gasteiger charge is 2.18. The van der Waals surface area contributed by atoms with Crippen LogP contribution in [0.1, 0.15) is 322 Å². The summed E-state index contributed by atoms with van der Waals surface area (Å²) >= 11 is 0. The first-order valence-electron chi connectivity index (χ1n) is 30.9. The summed E-state index contributed by atoms with van der Waals surface area (Å²) in [6.45, 7) is 4.86. The van der Waals surface area contributed by atoms with Crippen molar-refractivity contribution in [3.8, 4) is 0 Å². The molecule has 0 aliphatic carbocycles. The molecule has 0 spiro atoms. The predicted molar refractivity (Wildman–Crippen MR) is 306 cm³/mol. The van der Waals surface area contributed by atoms with E-state index in [4.69, 9.17) is 4.74 Å². The lowest BCUT2D eigenvalue weighted by atomic mass is 10.0. The van der Waals surface area contributed by atoms with Gasteiger partial charge in [-0.1, -0.05) is 268 Å². The van der Waals surface area contributed by atoms with Gasteiger partial charge in [0.2, 0.25) is 5.91 Å². The number of rotatable bonds is 57. The van der Waals surface area contributed by atoms with Crippen molar-refractivity contribution in [2.75, 3.05) is 13.2 Å². The van der Waals surface area contributed by atoms with Gasteiger partial charge in [0.1, 0.15) is 0 Å². The highest BCUT2D eigenvalue weighted by Crippen LogP contribution is 2.17. The van der Waals surface area contributed by atoms with Crippen molar-refractivity contribution in [1.82, 2.24) is 5.32 Å². The van der Waals surface area contributed by atoms with E-state index < -0.39 is 12.1 Å². The number of unbranched alkanes of at least 4 members (excludes halogenated alkanes) is 40. The molecule has 0 aromatic heterocycles. The molecule has 0 saturated carbocycles. The summed E-state index contributed by atoms with van der Waals surface area (Å²) in [4.78, 5) is 24.5. The van der Waals surface area contributed by atoms with E-state index in [9.17, 15) is 19.8 Å². The second-order valence-electron chi connectivity index (χ2n) is 21.0. The van der Waals surface area contributed by atoms with Crippen LogP contribution in [-0.2, 0) is 14.3 Å². The Bertz CT molecular complexity index is 1180. The van der Waals surface area contributed by atoms with Crippen LogP contribution in [0.5, 0.6) is 0 Å². The van der Waals surface area contributed by atoms with E-state index in [1.807, 2.05) is 6.08 Å². The topological polar surface area (TPSA) is 95.9 Å². The Hall–Kier alpha value is -2.18. The average Bonchev–Trinajstić information content (AvgIpc) is 3.36. The van der Waals surface area contributed by atoms with E-state index in [1.165, 1.54) is 231 Å². The lowest BCUT2D eigenvalue weighted by molar-refractivity contribution is -0.143. The lowest BCUT2D eigenvalue weighted by Crippen LogP contribution is -2.45. The van der Waals surface area contributed by atoms with Gasteiger partial charge in [0, 0.05) is 12.8 Å². The van der Waals surface area contributed by atoms with Gasteiger partial charge in [0.25, 0.3) is 0 Å². The third-order valence-electron chi connectivity index (χ3n) is 14.1. The highest BCUT2D eigenvalue weighted by atomic mass is 16.5. The van der Waals surface area contributed by atoms with Crippen LogP contribution in [0.2, 0.25) is 0 Å². The fraction of sp³-hybridized carbons (Fsp3) is 0.844. The number of ether oxygens (including phenoxy) is 1. The molecule has 0 heterocycles. The van der Waals surface area contributed by atoms with Crippen molar-refractivity contribution in [3.05, 3.63) is 48.6 Å². The largest absolute Gasteiger partial charge is 0.466 e. The second-order valence-corrected chi connectivity index (χ2v) is 21.0. The summed E-state index contributed by atoms with van der Waals surface area (Å²) in [5.74, 6) is -0.0956. The minimum atomic E-state index is -0.855. The minimum absolute atomic E-state index is 0.0168. The Morgan fingerprint density at radius 2 is 0.714 bits per heavy atom. The Morgan fingerprint density at radius 1 is 0.400 bits per heavy atom. The van der Waals surface area contributed by atoms with Gasteiger partial charge in [-0.2, -0.15) is 0 Å². The number of carbonyl (C=O) groups excluding carboxylic acids is 2. The Balaban J connectivity index is 3.50. The van der Waals surface area contributed by atoms with Crippen LogP contribution >= 0.6 is 0 Å². The molecule has 0 bridgehead atoms. The van der Waals surface area contributed by atoms with Crippen LogP contribution in [0, 0.1) is 0 Å². The summed E-state index contributed by atoms with van der Waals surface area (Å²) in [7, 11) is 0. The van der Waals surface area contributed by atoms with Gasteiger partial charge in [-0.15, -0.1) is 0 Å². The molecule has 70 heavy (non-hydrogen) atoms. The van der Waals surface area contributed by atoms with Gasteiger partial charge in [-0.05, 0) is 89.9 Å². The third-order valence-corrected chi connectivity index (χ3v) is 14.1. The fourth-order valence-electron chi connectivity index (χ4n) is 9.31. The molecule has 6 heteroatoms. The molecule has 0 aliphatic rings. The first-order valence-corrected chi connectivity index (χ1v) is 30.9. The number of carbonyl (C=O) groups is 2. The van der Waals surface area contributed by atoms with Crippen molar-refractivity contribution in [1.29, 1.82) is 0 Å². The quantitative estimate of drug-likeness (QED) is 0.0321.